The highest BCUT2D eigenvalue weighted by Crippen LogP contribution is 2.38. The minimum Gasteiger partial charge on any atom is -0.341 e. The molecule has 168 valence electrons. The van der Waals surface area contributed by atoms with Crippen molar-refractivity contribution in [3.8, 4) is 0 Å². The van der Waals surface area contributed by atoms with E-state index in [1.165, 1.54) is 56.6 Å². The zero-order valence-corrected chi connectivity index (χ0v) is 20.1. The van der Waals surface area contributed by atoms with E-state index in [1.54, 1.807) is 0 Å². The molecule has 5 rings (SSSR count). The lowest BCUT2D eigenvalue weighted by Crippen LogP contribution is -2.40. The number of carbonyl (C=O) groups excluding carboxylic acids is 1. The Bertz CT molecular complexity index is 1260. The van der Waals surface area contributed by atoms with Crippen LogP contribution in [0, 0.1) is 6.92 Å². The highest BCUT2D eigenvalue weighted by Gasteiger charge is 2.26. The maximum atomic E-state index is 12.8. The average molecular weight is 505 g/mol. The first-order valence-corrected chi connectivity index (χ1v) is 12.0. The molecule has 0 radical (unpaired) electrons. The van der Waals surface area contributed by atoms with E-state index in [-0.39, 0.29) is 18.0 Å². The van der Waals surface area contributed by atoms with Crippen LogP contribution in [0.3, 0.4) is 0 Å². The summed E-state index contributed by atoms with van der Waals surface area (Å²) in [5.74, 6) is -0.0477. The number of hydrogen-bond acceptors (Lipinski definition) is 4. The largest absolute Gasteiger partial charge is 0.341 e. The van der Waals surface area contributed by atoms with Crippen LogP contribution in [-0.4, -0.2) is 38.4 Å². The van der Waals surface area contributed by atoms with Gasteiger partial charge in [-0.2, -0.15) is 0 Å². The number of carbonyl (C=O) groups is 1. The molecule has 1 fully saturated rings. The molecule has 33 heavy (non-hydrogen) atoms. The molecule has 1 aromatic carbocycles. The number of aromatic nitrogens is 3. The summed E-state index contributed by atoms with van der Waals surface area (Å²) in [7, 11) is 0. The van der Waals surface area contributed by atoms with Crippen molar-refractivity contribution in [2.75, 3.05) is 13.1 Å². The van der Waals surface area contributed by atoms with Gasteiger partial charge in [-0.3, -0.25) is 19.1 Å². The van der Waals surface area contributed by atoms with Gasteiger partial charge in [0.15, 0.2) is 0 Å². The van der Waals surface area contributed by atoms with Gasteiger partial charge in [-0.15, -0.1) is 0 Å². The Morgan fingerprint density at radius 3 is 2.64 bits per heavy atom. The van der Waals surface area contributed by atoms with Crippen molar-refractivity contribution < 1.29 is 4.79 Å². The molecule has 1 aliphatic carbocycles. The Labute approximate surface area is 201 Å². The number of piperidine rings is 1. The third-order valence-corrected chi connectivity index (χ3v) is 6.97. The number of rotatable bonds is 2. The number of pyridine rings is 1. The maximum absolute atomic E-state index is 12.8. The van der Waals surface area contributed by atoms with Crippen LogP contribution in [0.4, 0.5) is 0 Å². The molecule has 7 heteroatoms. The second kappa shape index (κ2) is 9.06. The van der Waals surface area contributed by atoms with E-state index >= 15 is 0 Å². The number of halogens is 1. The number of aryl methyl sites for hydroxylation is 3. The smallest absolute Gasteiger partial charge is 0.253 e. The molecule has 0 saturated carbocycles. The summed E-state index contributed by atoms with van der Waals surface area (Å²) in [5.41, 5.74) is 8.60. The fraction of sp³-hybridized carbons (Fsp3) is 0.308. The molecular formula is C26H25BrN4O2. The van der Waals surface area contributed by atoms with E-state index in [4.69, 9.17) is 4.98 Å². The van der Waals surface area contributed by atoms with Crippen LogP contribution in [0.25, 0.3) is 5.57 Å². The van der Waals surface area contributed by atoms with E-state index < -0.39 is 0 Å². The standard InChI is InChI=1S/C26H25BrN4O2/c1-17-2-5-22-19(12-17)3-4-20-13-21(27)14-29-26(20)25(22)18-7-10-30(11-8-18)24(33)15-31-16-28-9-6-23(31)32/h2,5-6,9,12-14,16H,3-4,7-8,10-11,15H2,1H3. The Balaban J connectivity index is 1.46. The first-order valence-electron chi connectivity index (χ1n) is 11.2. The first-order chi connectivity index (χ1) is 16.0. The van der Waals surface area contributed by atoms with Gasteiger partial charge in [-0.25, -0.2) is 4.98 Å². The lowest BCUT2D eigenvalue weighted by atomic mass is 9.88. The Morgan fingerprint density at radius 1 is 1.06 bits per heavy atom. The third-order valence-electron chi connectivity index (χ3n) is 6.53. The summed E-state index contributed by atoms with van der Waals surface area (Å²) < 4.78 is 2.36. The Kier molecular flexibility index (Phi) is 5.98. The van der Waals surface area contributed by atoms with Crippen molar-refractivity contribution in [1.82, 2.24) is 19.4 Å². The van der Waals surface area contributed by atoms with Crippen LogP contribution >= 0.6 is 15.9 Å². The predicted octanol–water partition coefficient (Wildman–Crippen LogP) is 3.93. The summed E-state index contributed by atoms with van der Waals surface area (Å²) in [4.78, 5) is 35.4. The van der Waals surface area contributed by atoms with E-state index in [0.29, 0.717) is 13.1 Å². The Hall–Kier alpha value is -3.06. The molecule has 6 nitrogen and oxygen atoms in total. The Morgan fingerprint density at radius 2 is 1.85 bits per heavy atom. The van der Waals surface area contributed by atoms with Crippen molar-refractivity contribution >= 4 is 27.4 Å². The number of amides is 1. The molecule has 2 aliphatic rings. The monoisotopic (exact) mass is 504 g/mol. The van der Waals surface area contributed by atoms with Gasteiger partial charge in [0.1, 0.15) is 6.54 Å². The zero-order chi connectivity index (χ0) is 22.9. The molecule has 1 saturated heterocycles. The predicted molar refractivity (Wildman–Crippen MR) is 131 cm³/mol. The SMILES string of the molecule is Cc1ccc2c(c1)CCc1cc(Br)cnc1C2=C1CCN(C(=O)Cn2cnccc2=O)CC1. The molecule has 1 amide bonds. The van der Waals surface area contributed by atoms with Gasteiger partial charge in [0.05, 0.1) is 12.0 Å². The molecule has 0 unspecified atom stereocenters. The molecule has 1 aliphatic heterocycles. The van der Waals surface area contributed by atoms with E-state index in [2.05, 4.69) is 52.1 Å². The zero-order valence-electron chi connectivity index (χ0n) is 18.6. The minimum atomic E-state index is -0.211. The van der Waals surface area contributed by atoms with Gasteiger partial charge in [0.25, 0.3) is 5.56 Å². The van der Waals surface area contributed by atoms with Crippen LogP contribution in [0.5, 0.6) is 0 Å². The number of likely N-dealkylation sites (tertiary alicyclic amines) is 1. The molecular weight excluding hydrogens is 480 g/mol. The van der Waals surface area contributed by atoms with Crippen LogP contribution < -0.4 is 5.56 Å². The maximum Gasteiger partial charge on any atom is 0.253 e. The van der Waals surface area contributed by atoms with Crippen LogP contribution in [-0.2, 0) is 24.2 Å². The average Bonchev–Trinajstić information content (AvgIpc) is 2.97. The van der Waals surface area contributed by atoms with Gasteiger partial charge < -0.3 is 4.90 Å². The molecule has 3 aromatic rings. The quantitative estimate of drug-likeness (QED) is 0.530. The van der Waals surface area contributed by atoms with Crippen molar-refractivity contribution in [3.63, 3.8) is 0 Å². The minimum absolute atomic E-state index is 0.0269. The fourth-order valence-electron chi connectivity index (χ4n) is 4.84. The van der Waals surface area contributed by atoms with Gasteiger partial charge in [0.2, 0.25) is 5.91 Å². The van der Waals surface area contributed by atoms with E-state index in [1.807, 2.05) is 11.1 Å². The molecule has 0 N–H and O–H groups in total. The normalized spacial score (nSPS) is 15.6. The molecule has 2 aromatic heterocycles. The molecule has 0 atom stereocenters. The summed E-state index contributed by atoms with van der Waals surface area (Å²) >= 11 is 3.58. The van der Waals surface area contributed by atoms with Crippen LogP contribution in [0.1, 0.15) is 40.8 Å². The number of fused-ring (bicyclic) bond motifs is 2. The lowest BCUT2D eigenvalue weighted by molar-refractivity contribution is -0.132. The van der Waals surface area contributed by atoms with Crippen molar-refractivity contribution in [2.45, 2.75) is 39.2 Å². The second-order valence-electron chi connectivity index (χ2n) is 8.73. The summed E-state index contributed by atoms with van der Waals surface area (Å²) in [6.07, 6.45) is 8.29. The van der Waals surface area contributed by atoms with Crippen molar-refractivity contribution in [1.29, 1.82) is 0 Å². The molecule has 3 heterocycles. The van der Waals surface area contributed by atoms with E-state index in [0.717, 1.165) is 35.8 Å². The molecule has 0 bridgehead atoms. The topological polar surface area (TPSA) is 68.1 Å². The van der Waals surface area contributed by atoms with Crippen LogP contribution in [0.2, 0.25) is 0 Å². The lowest BCUT2D eigenvalue weighted by Gasteiger charge is -2.30. The summed E-state index contributed by atoms with van der Waals surface area (Å²) in [6.45, 7) is 3.44. The number of benzene rings is 1. The highest BCUT2D eigenvalue weighted by atomic mass is 79.9. The number of hydrogen-bond donors (Lipinski definition) is 0. The summed E-state index contributed by atoms with van der Waals surface area (Å²) in [6, 6.07) is 10.3. The highest BCUT2D eigenvalue weighted by molar-refractivity contribution is 9.10. The third kappa shape index (κ3) is 4.42. The number of nitrogens with zero attached hydrogens (tertiary/aromatic N) is 4. The fourth-order valence-corrected chi connectivity index (χ4v) is 5.22. The second-order valence-corrected chi connectivity index (χ2v) is 9.64. The van der Waals surface area contributed by atoms with Crippen LogP contribution in [0.15, 0.2) is 63.9 Å². The van der Waals surface area contributed by atoms with E-state index in [9.17, 15) is 9.59 Å². The van der Waals surface area contributed by atoms with Gasteiger partial charge >= 0.3 is 0 Å². The van der Waals surface area contributed by atoms with Crippen molar-refractivity contribution in [2.24, 2.45) is 0 Å². The van der Waals surface area contributed by atoms with Gasteiger partial charge in [-0.1, -0.05) is 29.3 Å². The molecule has 0 spiro atoms. The van der Waals surface area contributed by atoms with Crippen molar-refractivity contribution in [3.05, 3.63) is 97.4 Å². The first kappa shape index (κ1) is 21.8. The van der Waals surface area contributed by atoms with Gasteiger partial charge in [0, 0.05) is 41.6 Å². The summed E-state index contributed by atoms with van der Waals surface area (Å²) in [5, 5.41) is 0. The van der Waals surface area contributed by atoms with Gasteiger partial charge in [-0.05, 0) is 71.3 Å².